The molecule has 1 fully saturated rings. The molecule has 1 aromatic rings. The topological polar surface area (TPSA) is 96.2 Å². The highest BCUT2D eigenvalue weighted by Gasteiger charge is 2.26. The van der Waals surface area contributed by atoms with Crippen molar-refractivity contribution in [2.45, 2.75) is 38.5 Å². The quantitative estimate of drug-likeness (QED) is 0.771. The molecular weight excluding hydrogens is 292 g/mol. The molecule has 0 aliphatic carbocycles. The largest absolute Gasteiger partial charge is 0.370 e. The molecule has 23 heavy (non-hydrogen) atoms. The summed E-state index contributed by atoms with van der Waals surface area (Å²) in [7, 11) is 1.69. The van der Waals surface area contributed by atoms with Crippen LogP contribution in [0.3, 0.4) is 0 Å². The maximum Gasteiger partial charge on any atom is 0.223 e. The summed E-state index contributed by atoms with van der Waals surface area (Å²) in [6, 6.07) is 0. The van der Waals surface area contributed by atoms with Gasteiger partial charge in [0.2, 0.25) is 11.9 Å². The lowest BCUT2D eigenvalue weighted by Crippen LogP contribution is -2.37. The molecule has 1 saturated heterocycles. The molecule has 7 heteroatoms. The molecule has 7 nitrogen and oxygen atoms in total. The molecule has 0 bridgehead atoms. The lowest BCUT2D eigenvalue weighted by atomic mass is 9.92. The second kappa shape index (κ2) is 7.02. The predicted octanol–water partition coefficient (Wildman–Crippen LogP) is 1.16. The number of rotatable bonds is 4. The number of nitrogen functional groups attached to an aromatic ring is 1. The van der Waals surface area contributed by atoms with Gasteiger partial charge in [0.1, 0.15) is 11.6 Å². The zero-order chi connectivity index (χ0) is 16.2. The van der Waals surface area contributed by atoms with Gasteiger partial charge in [0.25, 0.3) is 0 Å². The van der Waals surface area contributed by atoms with Crippen molar-refractivity contribution >= 4 is 23.5 Å². The standard InChI is InChI=1S/C16H26N6O/c1-18-13(23)7-6-11-4-3-9-22(10-11)15-12-5-2-8-19-14(12)20-16(17)21-15/h11H,2-10H2,1H3,(H,18,23)(H3,17,19,20,21). The average molecular weight is 318 g/mol. The van der Waals surface area contributed by atoms with Crippen LogP contribution >= 0.6 is 0 Å². The molecule has 3 heterocycles. The van der Waals surface area contributed by atoms with Crippen molar-refractivity contribution in [2.75, 3.05) is 42.6 Å². The molecule has 2 aliphatic heterocycles. The van der Waals surface area contributed by atoms with Gasteiger partial charge in [-0.15, -0.1) is 0 Å². The van der Waals surface area contributed by atoms with Crippen molar-refractivity contribution in [1.82, 2.24) is 15.3 Å². The van der Waals surface area contributed by atoms with Gasteiger partial charge in [0.05, 0.1) is 0 Å². The highest BCUT2D eigenvalue weighted by atomic mass is 16.1. The number of carbonyl (C=O) groups excluding carboxylic acids is 1. The Morgan fingerprint density at radius 2 is 2.30 bits per heavy atom. The first-order valence-corrected chi connectivity index (χ1v) is 8.53. The summed E-state index contributed by atoms with van der Waals surface area (Å²) in [5.41, 5.74) is 7.09. The van der Waals surface area contributed by atoms with Gasteiger partial charge in [-0.3, -0.25) is 4.79 Å². The smallest absolute Gasteiger partial charge is 0.223 e. The number of nitrogens with zero attached hydrogens (tertiary/aromatic N) is 3. The maximum absolute atomic E-state index is 11.5. The van der Waals surface area contributed by atoms with E-state index in [1.807, 2.05) is 0 Å². The number of piperidine rings is 1. The van der Waals surface area contributed by atoms with Gasteiger partial charge >= 0.3 is 0 Å². The van der Waals surface area contributed by atoms with E-state index in [4.69, 9.17) is 5.73 Å². The van der Waals surface area contributed by atoms with Crippen molar-refractivity contribution in [2.24, 2.45) is 5.92 Å². The summed E-state index contributed by atoms with van der Waals surface area (Å²) < 4.78 is 0. The SMILES string of the molecule is CNC(=O)CCC1CCCN(c2nc(N)nc3c2CCCN3)C1. The summed E-state index contributed by atoms with van der Waals surface area (Å²) in [4.78, 5) is 22.7. The third-order valence-electron chi connectivity index (χ3n) is 4.78. The molecular formula is C16H26N6O. The van der Waals surface area contributed by atoms with Crippen LogP contribution in [-0.2, 0) is 11.2 Å². The van der Waals surface area contributed by atoms with Crippen LogP contribution in [0.2, 0.25) is 0 Å². The van der Waals surface area contributed by atoms with Crippen molar-refractivity contribution < 1.29 is 4.79 Å². The molecule has 1 amide bonds. The Morgan fingerprint density at radius 3 is 3.13 bits per heavy atom. The number of hydrogen-bond acceptors (Lipinski definition) is 6. The first kappa shape index (κ1) is 15.8. The third-order valence-corrected chi connectivity index (χ3v) is 4.78. The van der Waals surface area contributed by atoms with E-state index in [1.54, 1.807) is 7.05 Å². The molecule has 0 spiro atoms. The zero-order valence-corrected chi connectivity index (χ0v) is 13.8. The molecule has 0 aromatic carbocycles. The van der Waals surface area contributed by atoms with Crippen molar-refractivity contribution in [3.8, 4) is 0 Å². The number of carbonyl (C=O) groups is 1. The summed E-state index contributed by atoms with van der Waals surface area (Å²) in [6.45, 7) is 2.89. The van der Waals surface area contributed by atoms with Crippen molar-refractivity contribution in [3.05, 3.63) is 5.56 Å². The number of nitrogens with two attached hydrogens (primary N) is 1. The maximum atomic E-state index is 11.5. The minimum absolute atomic E-state index is 0.120. The fourth-order valence-electron chi connectivity index (χ4n) is 3.55. The van der Waals surface area contributed by atoms with Crippen molar-refractivity contribution in [3.63, 3.8) is 0 Å². The van der Waals surface area contributed by atoms with E-state index in [2.05, 4.69) is 25.5 Å². The van der Waals surface area contributed by atoms with E-state index in [9.17, 15) is 4.79 Å². The summed E-state index contributed by atoms with van der Waals surface area (Å²) in [5.74, 6) is 2.87. The number of fused-ring (bicyclic) bond motifs is 1. The lowest BCUT2D eigenvalue weighted by molar-refractivity contribution is -0.120. The number of hydrogen-bond donors (Lipinski definition) is 3. The normalized spacial score (nSPS) is 20.6. The van der Waals surface area contributed by atoms with E-state index in [0.29, 0.717) is 18.3 Å². The highest BCUT2D eigenvalue weighted by Crippen LogP contribution is 2.32. The molecule has 0 saturated carbocycles. The van der Waals surface area contributed by atoms with Crippen LogP contribution in [0.4, 0.5) is 17.6 Å². The van der Waals surface area contributed by atoms with Gasteiger partial charge in [0, 0.05) is 38.7 Å². The Bertz CT molecular complexity index is 576. The average Bonchev–Trinajstić information content (AvgIpc) is 2.59. The van der Waals surface area contributed by atoms with Gasteiger partial charge in [-0.05, 0) is 38.0 Å². The van der Waals surface area contributed by atoms with Crippen LogP contribution in [0.1, 0.15) is 37.7 Å². The van der Waals surface area contributed by atoms with Crippen LogP contribution in [0, 0.1) is 5.92 Å². The van der Waals surface area contributed by atoms with Crippen LogP contribution in [0.5, 0.6) is 0 Å². The Morgan fingerprint density at radius 1 is 1.43 bits per heavy atom. The zero-order valence-electron chi connectivity index (χ0n) is 13.8. The van der Waals surface area contributed by atoms with Crippen molar-refractivity contribution in [1.29, 1.82) is 0 Å². The fourth-order valence-corrected chi connectivity index (χ4v) is 3.55. The Kier molecular flexibility index (Phi) is 4.83. The monoisotopic (exact) mass is 318 g/mol. The van der Waals surface area contributed by atoms with E-state index < -0.39 is 0 Å². The number of nitrogens with one attached hydrogen (secondary N) is 2. The fraction of sp³-hybridized carbons (Fsp3) is 0.688. The molecule has 1 aromatic heterocycles. The lowest BCUT2D eigenvalue weighted by Gasteiger charge is -2.35. The first-order valence-electron chi connectivity index (χ1n) is 8.53. The summed E-state index contributed by atoms with van der Waals surface area (Å²) >= 11 is 0. The van der Waals surface area contributed by atoms with Gasteiger partial charge < -0.3 is 21.3 Å². The minimum atomic E-state index is 0.120. The van der Waals surface area contributed by atoms with Crippen LogP contribution in [-0.4, -0.2) is 42.6 Å². The first-order chi connectivity index (χ1) is 11.2. The predicted molar refractivity (Wildman–Crippen MR) is 91.5 cm³/mol. The Balaban J connectivity index is 1.73. The van der Waals surface area contributed by atoms with Crippen LogP contribution in [0.25, 0.3) is 0 Å². The van der Waals surface area contributed by atoms with Gasteiger partial charge in [0.15, 0.2) is 0 Å². The van der Waals surface area contributed by atoms with Gasteiger partial charge in [-0.1, -0.05) is 0 Å². The molecule has 1 unspecified atom stereocenters. The van der Waals surface area contributed by atoms with Crippen LogP contribution < -0.4 is 21.3 Å². The molecule has 1 atom stereocenters. The van der Waals surface area contributed by atoms with E-state index in [-0.39, 0.29) is 5.91 Å². The number of anilines is 3. The highest BCUT2D eigenvalue weighted by molar-refractivity contribution is 5.75. The van der Waals surface area contributed by atoms with Gasteiger partial charge in [-0.2, -0.15) is 9.97 Å². The van der Waals surface area contributed by atoms with E-state index >= 15 is 0 Å². The van der Waals surface area contributed by atoms with Crippen LogP contribution in [0.15, 0.2) is 0 Å². The number of amides is 1. The summed E-state index contributed by atoms with van der Waals surface area (Å²) in [5, 5.41) is 6.03. The third kappa shape index (κ3) is 3.65. The molecule has 3 rings (SSSR count). The van der Waals surface area contributed by atoms with E-state index in [0.717, 1.165) is 57.0 Å². The molecule has 4 N–H and O–H groups in total. The molecule has 2 aliphatic rings. The molecule has 0 radical (unpaired) electrons. The second-order valence-corrected chi connectivity index (χ2v) is 6.43. The number of aromatic nitrogens is 2. The molecule has 126 valence electrons. The van der Waals surface area contributed by atoms with E-state index in [1.165, 1.54) is 12.0 Å². The second-order valence-electron chi connectivity index (χ2n) is 6.43. The minimum Gasteiger partial charge on any atom is -0.370 e. The van der Waals surface area contributed by atoms with Gasteiger partial charge in [-0.25, -0.2) is 0 Å². The summed E-state index contributed by atoms with van der Waals surface area (Å²) in [6.07, 6.45) is 5.93. The Labute approximate surface area is 137 Å². The Hall–Kier alpha value is -2.05.